The van der Waals surface area contributed by atoms with Gasteiger partial charge >= 0.3 is 0 Å². The van der Waals surface area contributed by atoms with Crippen LogP contribution in [0, 0.1) is 39.2 Å². The van der Waals surface area contributed by atoms with E-state index in [2.05, 4.69) is 41.2 Å². The molecule has 278 valence electrons. The number of aryl methyl sites for hydroxylation is 3. The maximum atomic E-state index is 8.98. The number of aromatic nitrogens is 4. The molecule has 0 atom stereocenters. The summed E-state index contributed by atoms with van der Waals surface area (Å²) in [7, 11) is 0. The molecule has 0 unspecified atom stereocenters. The molecule has 57 heavy (non-hydrogen) atoms. The third kappa shape index (κ3) is 6.35. The van der Waals surface area contributed by atoms with Gasteiger partial charge in [-0.15, -0.1) is 29.7 Å². The summed E-state index contributed by atoms with van der Waals surface area (Å²) >= 11 is 0. The number of ether oxygens (including phenoxy) is 1. The van der Waals surface area contributed by atoms with Crippen LogP contribution in [0.25, 0.3) is 72.3 Å². The Morgan fingerprint density at radius 1 is 0.632 bits per heavy atom. The molecule has 5 nitrogen and oxygen atoms in total. The van der Waals surface area contributed by atoms with E-state index < -0.39 is 60.4 Å². The molecule has 0 bridgehead atoms. The molecule has 0 saturated heterocycles. The topological polar surface area (TPSA) is 35.9 Å². The van der Waals surface area contributed by atoms with Gasteiger partial charge in [-0.3, -0.25) is 4.57 Å². The van der Waals surface area contributed by atoms with Crippen LogP contribution in [-0.4, -0.2) is 14.1 Å². The van der Waals surface area contributed by atoms with Gasteiger partial charge in [-0.05, 0) is 71.3 Å². The largest absolute Gasteiger partial charge is 0.510 e. The molecular weight excluding hydrogens is 880 g/mol. The molecule has 0 spiro atoms. The summed E-state index contributed by atoms with van der Waals surface area (Å²) in [5, 5.41) is 2.04. The standard InChI is InChI=1S/C51H36N4O.Pt/c1-34-30-35(2)51(52-36(34)3)55-46-25-11-10-22-44(46)45-29-28-41(32-49(45)55)56-40-21-14-20-39(31-40)53-33-54(48-27-13-12-26-47(48)53)50-42(37-16-6-4-7-17-37)23-15-24-43(50)38-18-8-5-9-19-38;/h4-30H,1-3H3;/q-2;/i4D,5D,6D,7D,8D,9D,16D,17D,18D,19D;. The zero-order valence-electron chi connectivity index (χ0n) is 40.8. The summed E-state index contributed by atoms with van der Waals surface area (Å²) in [6.45, 7) is 6.10. The van der Waals surface area contributed by atoms with Crippen LogP contribution in [0.4, 0.5) is 0 Å². The molecule has 0 aliphatic rings. The van der Waals surface area contributed by atoms with E-state index in [1.54, 1.807) is 39.5 Å². The molecular formula is C51H36N4OPt-2. The zero-order valence-corrected chi connectivity index (χ0v) is 33.1. The molecule has 3 aromatic heterocycles. The summed E-state index contributed by atoms with van der Waals surface area (Å²) in [5.74, 6) is 1.61. The van der Waals surface area contributed by atoms with Crippen LogP contribution in [0.2, 0.25) is 0 Å². The number of imidazole rings is 1. The van der Waals surface area contributed by atoms with Gasteiger partial charge in [-0.25, -0.2) is 4.98 Å². The van der Waals surface area contributed by atoms with E-state index in [0.717, 1.165) is 44.4 Å². The average molecular weight is 926 g/mol. The maximum absolute atomic E-state index is 8.98. The first-order chi connectivity index (χ1) is 31.7. The minimum absolute atomic E-state index is 0. The van der Waals surface area contributed by atoms with E-state index >= 15 is 0 Å². The molecule has 0 N–H and O–H groups in total. The summed E-state index contributed by atoms with van der Waals surface area (Å²) in [6.07, 6.45) is 3.39. The molecule has 6 heteroatoms. The minimum atomic E-state index is -0.570. The first-order valence-electron chi connectivity index (χ1n) is 23.0. The number of nitrogens with zero attached hydrogens (tertiary/aromatic N) is 4. The Kier molecular flexibility index (Phi) is 6.85. The predicted octanol–water partition coefficient (Wildman–Crippen LogP) is 11.8. The van der Waals surface area contributed by atoms with Crippen LogP contribution >= 0.6 is 0 Å². The van der Waals surface area contributed by atoms with Crippen molar-refractivity contribution in [3.8, 4) is 50.9 Å². The van der Waals surface area contributed by atoms with Crippen molar-refractivity contribution < 1.29 is 44.1 Å². The number of fused-ring (bicyclic) bond motifs is 4. The van der Waals surface area contributed by atoms with Crippen LogP contribution in [-0.2, 0) is 21.1 Å². The Hall–Kier alpha value is -6.55. The van der Waals surface area contributed by atoms with Crippen molar-refractivity contribution in [1.29, 1.82) is 0 Å². The predicted molar refractivity (Wildman–Crippen MR) is 225 cm³/mol. The zero-order chi connectivity index (χ0) is 46.5. The molecule has 0 amide bonds. The van der Waals surface area contributed by atoms with Gasteiger partial charge in [0.05, 0.1) is 30.4 Å². The van der Waals surface area contributed by atoms with Gasteiger partial charge in [0.1, 0.15) is 5.82 Å². The van der Waals surface area contributed by atoms with Crippen molar-refractivity contribution in [2.45, 2.75) is 20.8 Å². The van der Waals surface area contributed by atoms with Crippen LogP contribution in [0.1, 0.15) is 30.5 Å². The summed E-state index contributed by atoms with van der Waals surface area (Å²) < 4.78 is 98.6. The van der Waals surface area contributed by atoms with Crippen LogP contribution in [0.5, 0.6) is 11.5 Å². The van der Waals surface area contributed by atoms with Crippen molar-refractivity contribution in [2.24, 2.45) is 0 Å². The molecule has 7 aromatic carbocycles. The van der Waals surface area contributed by atoms with Crippen LogP contribution in [0.3, 0.4) is 0 Å². The van der Waals surface area contributed by atoms with Gasteiger partial charge in [0.2, 0.25) is 0 Å². The maximum Gasteiger partial charge on any atom is 0.268 e. The number of rotatable bonds is 7. The van der Waals surface area contributed by atoms with E-state index in [4.69, 9.17) is 23.4 Å². The molecule has 0 saturated carbocycles. The van der Waals surface area contributed by atoms with Gasteiger partial charge in [-0.2, -0.15) is 18.2 Å². The molecule has 0 aliphatic carbocycles. The Balaban J connectivity index is 0.00000562. The smallest absolute Gasteiger partial charge is 0.268 e. The van der Waals surface area contributed by atoms with Crippen LogP contribution in [0.15, 0.2) is 164 Å². The monoisotopic (exact) mass is 925 g/mol. The summed E-state index contributed by atoms with van der Waals surface area (Å²) in [6, 6.07) is 33.2. The van der Waals surface area contributed by atoms with Crippen molar-refractivity contribution in [3.63, 3.8) is 0 Å². The average Bonchev–Trinajstić information content (AvgIpc) is 3.86. The number of hydrogen-bond donors (Lipinski definition) is 0. The molecule has 3 heterocycles. The van der Waals surface area contributed by atoms with Crippen molar-refractivity contribution in [3.05, 3.63) is 199 Å². The molecule has 0 radical (unpaired) electrons. The quantitative estimate of drug-likeness (QED) is 0.118. The van der Waals surface area contributed by atoms with Crippen molar-refractivity contribution in [1.82, 2.24) is 14.1 Å². The Labute approximate surface area is 360 Å². The Morgan fingerprint density at radius 3 is 2.02 bits per heavy atom. The van der Waals surface area contributed by atoms with Crippen molar-refractivity contribution >= 4 is 32.8 Å². The van der Waals surface area contributed by atoms with Gasteiger partial charge in [0.15, 0.2) is 0 Å². The van der Waals surface area contributed by atoms with Gasteiger partial charge in [-0.1, -0.05) is 133 Å². The van der Waals surface area contributed by atoms with Gasteiger partial charge in [0.25, 0.3) is 6.33 Å². The molecule has 10 aromatic rings. The summed E-state index contributed by atoms with van der Waals surface area (Å²) in [5.41, 5.74) is 6.67. The number of hydrogen-bond acceptors (Lipinski definition) is 2. The van der Waals surface area contributed by atoms with E-state index in [1.807, 2.05) is 75.4 Å². The van der Waals surface area contributed by atoms with Gasteiger partial charge in [0, 0.05) is 43.8 Å². The molecule has 10 rings (SSSR count). The number of para-hydroxylation sites is 4. The third-order valence-electron chi connectivity index (χ3n) is 9.97. The van der Waals surface area contributed by atoms with E-state index in [-0.39, 0.29) is 49.0 Å². The summed E-state index contributed by atoms with van der Waals surface area (Å²) in [4.78, 5) is 5.01. The SMILES string of the molecule is [2H]c1c([2H])c([2H])c(-c2cccc(-c3c([2H])c([2H])c([2H])c([2H])c3[2H])c2-[n+]2[c-]n(-c3[c-]c(Oc4[c-]c5c(cc4)c4ccccc4n5-c4nc(C)c(C)cc4C)ccc3)c3ccccc32)c([2H])c1[2H].[Pt]. The fraction of sp³-hybridized carbons (Fsp3) is 0.0588. The first-order valence-corrected chi connectivity index (χ1v) is 18.0. The fourth-order valence-corrected chi connectivity index (χ4v) is 7.32. The van der Waals surface area contributed by atoms with Crippen molar-refractivity contribution in [2.75, 3.05) is 0 Å². The number of pyridine rings is 1. The Morgan fingerprint density at radius 2 is 1.28 bits per heavy atom. The molecule has 0 fully saturated rings. The normalized spacial score (nSPS) is 13.7. The molecule has 0 aliphatic heterocycles. The second-order valence-electron chi connectivity index (χ2n) is 13.4. The van der Waals surface area contributed by atoms with Gasteiger partial charge < -0.3 is 13.9 Å². The fourth-order valence-electron chi connectivity index (χ4n) is 7.32. The van der Waals surface area contributed by atoms with E-state index in [0.29, 0.717) is 28.2 Å². The first kappa shape index (κ1) is 26.3. The third-order valence-corrected chi connectivity index (χ3v) is 9.97. The van der Waals surface area contributed by atoms with E-state index in [1.165, 1.54) is 0 Å². The van der Waals surface area contributed by atoms with E-state index in [9.17, 15) is 0 Å². The number of benzene rings is 7. The second kappa shape index (κ2) is 14.8. The second-order valence-corrected chi connectivity index (χ2v) is 13.4. The minimum Gasteiger partial charge on any atom is -0.510 e. The van der Waals surface area contributed by atoms with Crippen LogP contribution < -0.4 is 9.30 Å². The Bertz CT molecular complexity index is 3550.